The van der Waals surface area contributed by atoms with Gasteiger partial charge in [-0.1, -0.05) is 41.9 Å². The standard InChI is InChI=1S/C17H10Cl2N4O/c18-12-7-5-11(6-8-12)13-3-1-2-4-14(13)24-16-10-9-15-20-21-17(19)23(15)22-16/h1-10H. The van der Waals surface area contributed by atoms with Crippen LogP contribution in [0.2, 0.25) is 10.3 Å². The van der Waals surface area contributed by atoms with Crippen molar-refractivity contribution in [1.82, 2.24) is 19.8 Å². The normalized spacial score (nSPS) is 10.9. The molecule has 2 aromatic heterocycles. The first-order valence-corrected chi connectivity index (χ1v) is 7.87. The largest absolute Gasteiger partial charge is 0.437 e. The van der Waals surface area contributed by atoms with E-state index in [0.29, 0.717) is 22.3 Å². The molecule has 4 aromatic rings. The third-order valence-corrected chi connectivity index (χ3v) is 3.94. The Kier molecular flexibility index (Phi) is 3.80. The van der Waals surface area contributed by atoms with Crippen LogP contribution in [0, 0.1) is 0 Å². The van der Waals surface area contributed by atoms with Crippen LogP contribution in [-0.2, 0) is 0 Å². The van der Waals surface area contributed by atoms with E-state index in [-0.39, 0.29) is 5.28 Å². The zero-order valence-electron chi connectivity index (χ0n) is 12.2. The fourth-order valence-corrected chi connectivity index (χ4v) is 2.62. The van der Waals surface area contributed by atoms with E-state index in [1.807, 2.05) is 48.5 Å². The van der Waals surface area contributed by atoms with E-state index in [1.165, 1.54) is 4.52 Å². The molecule has 7 heteroatoms. The Bertz CT molecular complexity index is 1010. The van der Waals surface area contributed by atoms with E-state index >= 15 is 0 Å². The second-order valence-corrected chi connectivity index (χ2v) is 5.79. The highest BCUT2D eigenvalue weighted by Crippen LogP contribution is 2.33. The van der Waals surface area contributed by atoms with Crippen LogP contribution in [0.15, 0.2) is 60.7 Å². The lowest BCUT2D eigenvalue weighted by atomic mass is 10.1. The Morgan fingerprint density at radius 2 is 1.62 bits per heavy atom. The topological polar surface area (TPSA) is 52.3 Å². The molecule has 0 bridgehead atoms. The number of nitrogens with zero attached hydrogens (tertiary/aromatic N) is 4. The third-order valence-electron chi connectivity index (χ3n) is 3.46. The molecule has 4 rings (SSSR count). The van der Waals surface area contributed by atoms with Crippen molar-refractivity contribution in [3.05, 3.63) is 71.0 Å². The van der Waals surface area contributed by atoms with Crippen molar-refractivity contribution in [2.75, 3.05) is 0 Å². The molecule has 2 heterocycles. The van der Waals surface area contributed by atoms with Gasteiger partial charge in [-0.2, -0.15) is 4.52 Å². The van der Waals surface area contributed by atoms with Gasteiger partial charge >= 0.3 is 0 Å². The smallest absolute Gasteiger partial charge is 0.246 e. The second kappa shape index (κ2) is 6.11. The van der Waals surface area contributed by atoms with Crippen LogP contribution in [0.1, 0.15) is 0 Å². The minimum absolute atomic E-state index is 0.182. The van der Waals surface area contributed by atoms with Crippen molar-refractivity contribution in [2.24, 2.45) is 0 Å². The van der Waals surface area contributed by atoms with E-state index in [1.54, 1.807) is 12.1 Å². The summed E-state index contributed by atoms with van der Waals surface area (Å²) in [5.41, 5.74) is 2.49. The summed E-state index contributed by atoms with van der Waals surface area (Å²) < 4.78 is 7.37. The molecule has 2 aromatic carbocycles. The molecule has 0 atom stereocenters. The summed E-state index contributed by atoms with van der Waals surface area (Å²) in [5, 5.41) is 12.8. The van der Waals surface area contributed by atoms with E-state index in [4.69, 9.17) is 27.9 Å². The SMILES string of the molecule is Clc1ccc(-c2ccccc2Oc2ccc3nnc(Cl)n3n2)cc1. The highest BCUT2D eigenvalue weighted by molar-refractivity contribution is 6.30. The van der Waals surface area contributed by atoms with Crippen molar-refractivity contribution < 1.29 is 4.74 Å². The number of ether oxygens (including phenoxy) is 1. The Labute approximate surface area is 147 Å². The summed E-state index contributed by atoms with van der Waals surface area (Å²) in [6, 6.07) is 18.7. The number of benzene rings is 2. The van der Waals surface area contributed by atoms with Crippen LogP contribution in [0.5, 0.6) is 11.6 Å². The summed E-state index contributed by atoms with van der Waals surface area (Å²) in [4.78, 5) is 0. The molecule has 5 nitrogen and oxygen atoms in total. The van der Waals surface area contributed by atoms with Crippen LogP contribution in [0.25, 0.3) is 16.8 Å². The lowest BCUT2D eigenvalue weighted by Gasteiger charge is -2.10. The average Bonchev–Trinajstić information content (AvgIpc) is 2.97. The maximum absolute atomic E-state index is 5.96. The predicted octanol–water partition coefficient (Wildman–Crippen LogP) is 4.89. The molecule has 24 heavy (non-hydrogen) atoms. The fraction of sp³-hybridized carbons (Fsp3) is 0. The first-order chi connectivity index (χ1) is 11.7. The van der Waals surface area contributed by atoms with Crippen molar-refractivity contribution in [1.29, 1.82) is 0 Å². The molecule has 0 fully saturated rings. The molecule has 0 saturated carbocycles. The number of para-hydroxylation sites is 1. The molecule has 0 aliphatic heterocycles. The van der Waals surface area contributed by atoms with Gasteiger partial charge in [-0.15, -0.1) is 15.3 Å². The van der Waals surface area contributed by atoms with Gasteiger partial charge in [0.25, 0.3) is 0 Å². The zero-order valence-corrected chi connectivity index (χ0v) is 13.7. The quantitative estimate of drug-likeness (QED) is 0.524. The maximum Gasteiger partial charge on any atom is 0.246 e. The van der Waals surface area contributed by atoms with Crippen LogP contribution < -0.4 is 4.74 Å². The van der Waals surface area contributed by atoms with E-state index in [9.17, 15) is 0 Å². The zero-order chi connectivity index (χ0) is 16.5. The predicted molar refractivity (Wildman–Crippen MR) is 92.8 cm³/mol. The van der Waals surface area contributed by atoms with Gasteiger partial charge in [0, 0.05) is 16.7 Å². The lowest BCUT2D eigenvalue weighted by Crippen LogP contribution is -1.96. The molecule has 0 unspecified atom stereocenters. The Balaban J connectivity index is 1.73. The third kappa shape index (κ3) is 2.79. The first kappa shape index (κ1) is 14.9. The highest BCUT2D eigenvalue weighted by atomic mass is 35.5. The number of halogens is 2. The van der Waals surface area contributed by atoms with E-state index in [0.717, 1.165) is 11.1 Å². The Hall–Kier alpha value is -2.63. The van der Waals surface area contributed by atoms with Gasteiger partial charge in [-0.3, -0.25) is 0 Å². The van der Waals surface area contributed by atoms with Gasteiger partial charge in [-0.05, 0) is 41.4 Å². The van der Waals surface area contributed by atoms with E-state index < -0.39 is 0 Å². The first-order valence-electron chi connectivity index (χ1n) is 7.11. The molecule has 0 saturated heterocycles. The molecule has 0 spiro atoms. The van der Waals surface area contributed by atoms with Crippen molar-refractivity contribution in [3.63, 3.8) is 0 Å². The molecular formula is C17H10Cl2N4O. The van der Waals surface area contributed by atoms with Crippen LogP contribution in [-0.4, -0.2) is 19.8 Å². The number of fused-ring (bicyclic) bond motifs is 1. The van der Waals surface area contributed by atoms with E-state index in [2.05, 4.69) is 15.3 Å². The Morgan fingerprint density at radius 3 is 2.46 bits per heavy atom. The second-order valence-electron chi connectivity index (χ2n) is 5.02. The summed E-state index contributed by atoms with van der Waals surface area (Å²) in [7, 11) is 0. The van der Waals surface area contributed by atoms with Gasteiger partial charge in [0.05, 0.1) is 0 Å². The monoisotopic (exact) mass is 356 g/mol. The molecule has 0 aliphatic rings. The number of hydrogen-bond acceptors (Lipinski definition) is 4. The highest BCUT2D eigenvalue weighted by Gasteiger charge is 2.10. The van der Waals surface area contributed by atoms with Gasteiger partial charge in [0.15, 0.2) is 5.65 Å². The molecule has 118 valence electrons. The van der Waals surface area contributed by atoms with Crippen LogP contribution >= 0.6 is 23.2 Å². The number of aromatic nitrogens is 4. The molecule has 0 amide bonds. The van der Waals surface area contributed by atoms with Crippen LogP contribution in [0.3, 0.4) is 0 Å². The summed E-state index contributed by atoms with van der Waals surface area (Å²) in [6.07, 6.45) is 0. The van der Waals surface area contributed by atoms with Gasteiger partial charge in [0.1, 0.15) is 5.75 Å². The lowest BCUT2D eigenvalue weighted by molar-refractivity contribution is 0.454. The van der Waals surface area contributed by atoms with Gasteiger partial charge in [0.2, 0.25) is 11.2 Å². The number of rotatable bonds is 3. The Morgan fingerprint density at radius 1 is 0.833 bits per heavy atom. The van der Waals surface area contributed by atoms with Crippen molar-refractivity contribution >= 4 is 28.8 Å². The summed E-state index contributed by atoms with van der Waals surface area (Å²) in [5.74, 6) is 1.07. The maximum atomic E-state index is 5.96. The fourth-order valence-electron chi connectivity index (χ4n) is 2.34. The van der Waals surface area contributed by atoms with Crippen molar-refractivity contribution in [2.45, 2.75) is 0 Å². The minimum atomic E-state index is 0.182. The van der Waals surface area contributed by atoms with Crippen LogP contribution in [0.4, 0.5) is 0 Å². The molecule has 0 N–H and O–H groups in total. The average molecular weight is 357 g/mol. The molecule has 0 radical (unpaired) electrons. The molecular weight excluding hydrogens is 347 g/mol. The van der Waals surface area contributed by atoms with Crippen molar-refractivity contribution in [3.8, 4) is 22.8 Å². The molecule has 0 aliphatic carbocycles. The summed E-state index contributed by atoms with van der Waals surface area (Å²) >= 11 is 11.9. The summed E-state index contributed by atoms with van der Waals surface area (Å²) in [6.45, 7) is 0. The number of hydrogen-bond donors (Lipinski definition) is 0. The minimum Gasteiger partial charge on any atom is -0.437 e. The van der Waals surface area contributed by atoms with Gasteiger partial charge < -0.3 is 4.74 Å². The van der Waals surface area contributed by atoms with Gasteiger partial charge in [-0.25, -0.2) is 0 Å².